The lowest BCUT2D eigenvalue weighted by Gasteiger charge is -2.28. The number of carbonyl (C=O) groups excluding carboxylic acids is 4. The van der Waals surface area contributed by atoms with Crippen LogP contribution in [0.3, 0.4) is 0 Å². The molecule has 10 heteroatoms. The monoisotopic (exact) mass is 501 g/mol. The van der Waals surface area contributed by atoms with Crippen LogP contribution in [0.25, 0.3) is 11.3 Å². The minimum atomic E-state index is -0.779. The summed E-state index contributed by atoms with van der Waals surface area (Å²) in [7, 11) is 0. The number of nitrogens with zero attached hydrogens (tertiary/aromatic N) is 4. The number of ketones is 1. The third-order valence-corrected chi connectivity index (χ3v) is 6.90. The Morgan fingerprint density at radius 2 is 1.95 bits per heavy atom. The molecule has 37 heavy (non-hydrogen) atoms. The molecule has 2 fully saturated rings. The van der Waals surface area contributed by atoms with Gasteiger partial charge in [0.1, 0.15) is 17.8 Å². The first kappa shape index (κ1) is 24.4. The van der Waals surface area contributed by atoms with Crippen molar-refractivity contribution in [2.24, 2.45) is 0 Å². The molecule has 0 spiro atoms. The van der Waals surface area contributed by atoms with Gasteiger partial charge in [-0.2, -0.15) is 0 Å². The third-order valence-electron chi connectivity index (χ3n) is 6.90. The zero-order chi connectivity index (χ0) is 25.9. The van der Waals surface area contributed by atoms with Crippen molar-refractivity contribution < 1.29 is 23.6 Å². The Kier molecular flexibility index (Phi) is 6.80. The summed E-state index contributed by atoms with van der Waals surface area (Å²) in [6.45, 7) is 2.21. The molecule has 2 aliphatic rings. The van der Waals surface area contributed by atoms with Crippen LogP contribution in [0.1, 0.15) is 47.0 Å². The maximum absolute atomic E-state index is 13.6. The molecule has 3 amide bonds. The highest BCUT2D eigenvalue weighted by molar-refractivity contribution is 6.03. The fourth-order valence-electron chi connectivity index (χ4n) is 5.11. The first-order valence-electron chi connectivity index (χ1n) is 12.3. The van der Waals surface area contributed by atoms with Crippen LogP contribution < -0.4 is 5.32 Å². The van der Waals surface area contributed by atoms with Crippen molar-refractivity contribution >= 4 is 23.5 Å². The van der Waals surface area contributed by atoms with Gasteiger partial charge in [0.2, 0.25) is 5.91 Å². The van der Waals surface area contributed by atoms with Gasteiger partial charge in [-0.1, -0.05) is 31.5 Å². The van der Waals surface area contributed by atoms with Gasteiger partial charge in [0, 0.05) is 23.9 Å². The lowest BCUT2D eigenvalue weighted by atomic mass is 10.1. The number of Topliss-reactive ketones (excluding diaryl/α,β-unsaturated/α-hetero) is 1. The van der Waals surface area contributed by atoms with Gasteiger partial charge in [-0.05, 0) is 37.1 Å². The number of hydrogen-bond donors (Lipinski definition) is 1. The van der Waals surface area contributed by atoms with Crippen molar-refractivity contribution in [2.45, 2.75) is 44.3 Å². The van der Waals surface area contributed by atoms with Gasteiger partial charge < -0.3 is 19.5 Å². The second-order valence-electron chi connectivity index (χ2n) is 9.20. The smallest absolute Gasteiger partial charge is 0.273 e. The number of nitrogens with one attached hydrogen (secondary N) is 1. The topological polar surface area (TPSA) is 126 Å². The van der Waals surface area contributed by atoms with E-state index in [1.807, 2.05) is 6.92 Å². The molecular weight excluding hydrogens is 474 g/mol. The van der Waals surface area contributed by atoms with E-state index in [-0.39, 0.29) is 35.7 Å². The molecule has 190 valence electrons. The maximum atomic E-state index is 13.6. The highest BCUT2D eigenvalue weighted by Crippen LogP contribution is 2.31. The number of hydrogen-bond acceptors (Lipinski definition) is 7. The van der Waals surface area contributed by atoms with Gasteiger partial charge in [-0.3, -0.25) is 24.2 Å². The highest BCUT2D eigenvalue weighted by Gasteiger charge is 2.52. The van der Waals surface area contributed by atoms with Crippen LogP contribution in [0, 0.1) is 0 Å². The highest BCUT2D eigenvalue weighted by atomic mass is 16.3. The van der Waals surface area contributed by atoms with E-state index in [2.05, 4.69) is 15.3 Å². The number of rotatable bonds is 7. The summed E-state index contributed by atoms with van der Waals surface area (Å²) in [6.07, 6.45) is 6.05. The first-order chi connectivity index (χ1) is 18.0. The fourth-order valence-corrected chi connectivity index (χ4v) is 5.11. The van der Waals surface area contributed by atoms with Gasteiger partial charge in [0.15, 0.2) is 17.9 Å². The largest absolute Gasteiger partial charge is 0.444 e. The molecule has 4 heterocycles. The summed E-state index contributed by atoms with van der Waals surface area (Å²) < 4.78 is 5.28. The number of aromatic nitrogens is 2. The van der Waals surface area contributed by atoms with E-state index in [4.69, 9.17) is 4.42 Å². The summed E-state index contributed by atoms with van der Waals surface area (Å²) in [5.41, 5.74) is 1.45. The molecule has 3 atom stereocenters. The first-order valence-corrected chi connectivity index (χ1v) is 12.3. The van der Waals surface area contributed by atoms with E-state index in [1.165, 1.54) is 22.4 Å². The van der Waals surface area contributed by atoms with Crippen LogP contribution in [0.4, 0.5) is 0 Å². The molecule has 1 N–H and O–H groups in total. The Labute approximate surface area is 213 Å². The Balaban J connectivity index is 1.28. The molecule has 3 aromatic rings. The van der Waals surface area contributed by atoms with Crippen LogP contribution >= 0.6 is 0 Å². The molecule has 3 unspecified atom stereocenters. The molecule has 2 saturated heterocycles. The van der Waals surface area contributed by atoms with Gasteiger partial charge in [-0.25, -0.2) is 4.98 Å². The summed E-state index contributed by atoms with van der Waals surface area (Å²) >= 11 is 0. The van der Waals surface area contributed by atoms with Crippen LogP contribution in [0.15, 0.2) is 65.7 Å². The number of fused-ring (bicyclic) bond motifs is 1. The molecule has 0 radical (unpaired) electrons. The summed E-state index contributed by atoms with van der Waals surface area (Å²) in [6, 6.07) is 10.00. The maximum Gasteiger partial charge on any atom is 0.273 e. The van der Waals surface area contributed by atoms with Crippen molar-refractivity contribution in [3.63, 3.8) is 0 Å². The quantitative estimate of drug-likeness (QED) is 0.527. The molecule has 0 aliphatic carbocycles. The summed E-state index contributed by atoms with van der Waals surface area (Å²) in [5.74, 6) is -0.586. The van der Waals surface area contributed by atoms with Gasteiger partial charge in [0.25, 0.3) is 11.8 Å². The van der Waals surface area contributed by atoms with Crippen LogP contribution in [0.2, 0.25) is 0 Å². The number of pyridine rings is 1. The molecule has 1 aromatic carbocycles. The standard InChI is InChI=1S/C27H27N5O5/c1-2-5-20(30-25(34)18-9-7-17(8-10-18)23-14-28-16-37-23)27(36)31-13-11-21-24(31)22(33)15-32(21)26(35)19-6-3-4-12-29-19/h3-4,6-10,12,14,16,20-21,24H,2,5,11,13,15H2,1H3,(H,30,34). The molecular formula is C27H27N5O5. The van der Waals surface area contributed by atoms with Gasteiger partial charge in [0.05, 0.1) is 18.8 Å². The SMILES string of the molecule is CCCC(NC(=O)c1ccc(-c2cnco2)cc1)C(=O)N1CCC2C1C(=O)CN2C(=O)c1ccccn1. The fraction of sp³-hybridized carbons (Fsp3) is 0.333. The zero-order valence-electron chi connectivity index (χ0n) is 20.4. The normalized spacial score (nSPS) is 19.5. The Bertz CT molecular complexity index is 1290. The average molecular weight is 502 g/mol. The van der Waals surface area contributed by atoms with E-state index in [9.17, 15) is 19.2 Å². The van der Waals surface area contributed by atoms with E-state index >= 15 is 0 Å². The Hall–Kier alpha value is -4.34. The molecule has 0 saturated carbocycles. The van der Waals surface area contributed by atoms with Crippen LogP contribution in [-0.4, -0.2) is 74.5 Å². The van der Waals surface area contributed by atoms with Gasteiger partial charge in [-0.15, -0.1) is 0 Å². The second-order valence-corrected chi connectivity index (χ2v) is 9.20. The molecule has 5 rings (SSSR count). The minimum Gasteiger partial charge on any atom is -0.444 e. The number of benzene rings is 1. The van der Waals surface area contributed by atoms with E-state index in [1.54, 1.807) is 48.7 Å². The van der Waals surface area contributed by atoms with Gasteiger partial charge >= 0.3 is 0 Å². The number of oxazole rings is 1. The minimum absolute atomic E-state index is 0.0587. The lowest BCUT2D eigenvalue weighted by molar-refractivity contribution is -0.138. The predicted octanol–water partition coefficient (Wildman–Crippen LogP) is 2.33. The summed E-state index contributed by atoms with van der Waals surface area (Å²) in [4.78, 5) is 63.6. The number of amides is 3. The molecule has 2 aromatic heterocycles. The second kappa shape index (κ2) is 10.3. The van der Waals surface area contributed by atoms with E-state index in [0.717, 1.165) is 5.56 Å². The van der Waals surface area contributed by atoms with Crippen molar-refractivity contribution in [3.8, 4) is 11.3 Å². The summed E-state index contributed by atoms with van der Waals surface area (Å²) in [5, 5.41) is 2.85. The van der Waals surface area contributed by atoms with Crippen molar-refractivity contribution in [1.82, 2.24) is 25.1 Å². The molecule has 0 bridgehead atoms. The third kappa shape index (κ3) is 4.74. The van der Waals surface area contributed by atoms with Crippen LogP contribution in [0.5, 0.6) is 0 Å². The van der Waals surface area contributed by atoms with E-state index in [0.29, 0.717) is 37.1 Å². The number of likely N-dealkylation sites (tertiary alicyclic amines) is 2. The average Bonchev–Trinajstić information content (AvgIpc) is 3.67. The Morgan fingerprint density at radius 3 is 2.62 bits per heavy atom. The zero-order valence-corrected chi connectivity index (χ0v) is 20.4. The van der Waals surface area contributed by atoms with Crippen LogP contribution in [-0.2, 0) is 9.59 Å². The van der Waals surface area contributed by atoms with Crippen molar-refractivity contribution in [3.05, 3.63) is 72.5 Å². The molecule has 10 nitrogen and oxygen atoms in total. The van der Waals surface area contributed by atoms with Crippen molar-refractivity contribution in [1.29, 1.82) is 0 Å². The number of carbonyl (C=O) groups is 4. The Morgan fingerprint density at radius 1 is 1.14 bits per heavy atom. The predicted molar refractivity (Wildman–Crippen MR) is 132 cm³/mol. The van der Waals surface area contributed by atoms with Crippen molar-refractivity contribution in [2.75, 3.05) is 13.1 Å². The lowest BCUT2D eigenvalue weighted by Crippen LogP contribution is -2.52. The molecule has 2 aliphatic heterocycles. The van der Waals surface area contributed by atoms with E-state index < -0.39 is 18.1 Å².